The highest BCUT2D eigenvalue weighted by molar-refractivity contribution is 5.94. The molecule has 5 heteroatoms. The fraction of sp³-hybridized carbons (Fsp3) is 0.579. The van der Waals surface area contributed by atoms with Gasteiger partial charge in [0.2, 0.25) is 5.91 Å². The smallest absolute Gasteiger partial charge is 0.249 e. The predicted octanol–water partition coefficient (Wildman–Crippen LogP) is 2.47. The molecule has 0 bridgehead atoms. The molecule has 1 aromatic rings. The Morgan fingerprint density at radius 1 is 1.42 bits per heavy atom. The van der Waals surface area contributed by atoms with Crippen LogP contribution in [0, 0.1) is 0 Å². The zero-order valence-corrected chi connectivity index (χ0v) is 13.9. The van der Waals surface area contributed by atoms with Crippen LogP contribution in [0.3, 0.4) is 0 Å². The zero-order valence-electron chi connectivity index (χ0n) is 13.9. The monoisotopic (exact) mass is 328 g/mol. The quantitative estimate of drug-likeness (QED) is 0.852. The SMILES string of the molecule is O=C(C1=CCCC1)N1CC2(CC(OCc3ccccn3)CCO2)C1. The van der Waals surface area contributed by atoms with Crippen LogP contribution in [0.4, 0.5) is 0 Å². The van der Waals surface area contributed by atoms with Crippen molar-refractivity contribution in [3.63, 3.8) is 0 Å². The molecular weight excluding hydrogens is 304 g/mol. The van der Waals surface area contributed by atoms with E-state index in [0.29, 0.717) is 26.3 Å². The lowest BCUT2D eigenvalue weighted by Gasteiger charge is -2.53. The lowest BCUT2D eigenvalue weighted by Crippen LogP contribution is -2.67. The van der Waals surface area contributed by atoms with E-state index in [-0.39, 0.29) is 17.6 Å². The molecule has 2 aliphatic heterocycles. The number of allylic oxidation sites excluding steroid dienone is 1. The lowest BCUT2D eigenvalue weighted by molar-refractivity contribution is -0.200. The highest BCUT2D eigenvalue weighted by atomic mass is 16.5. The maximum atomic E-state index is 12.4. The first-order valence-electron chi connectivity index (χ1n) is 8.88. The van der Waals surface area contributed by atoms with Crippen molar-refractivity contribution in [2.45, 2.75) is 50.4 Å². The number of likely N-dealkylation sites (tertiary alicyclic amines) is 1. The topological polar surface area (TPSA) is 51.7 Å². The number of pyridine rings is 1. The zero-order chi connectivity index (χ0) is 16.4. The van der Waals surface area contributed by atoms with Gasteiger partial charge in [0.05, 0.1) is 31.5 Å². The first kappa shape index (κ1) is 15.8. The van der Waals surface area contributed by atoms with E-state index in [2.05, 4.69) is 11.1 Å². The summed E-state index contributed by atoms with van der Waals surface area (Å²) in [5.74, 6) is 0.207. The normalized spacial score (nSPS) is 25.4. The third-order valence-electron chi connectivity index (χ3n) is 5.20. The van der Waals surface area contributed by atoms with Gasteiger partial charge in [-0.2, -0.15) is 0 Å². The van der Waals surface area contributed by atoms with E-state index in [1.54, 1.807) is 6.20 Å². The Morgan fingerprint density at radius 2 is 2.33 bits per heavy atom. The van der Waals surface area contributed by atoms with Crippen LogP contribution in [0.5, 0.6) is 0 Å². The third kappa shape index (κ3) is 3.23. The van der Waals surface area contributed by atoms with Gasteiger partial charge in [0.25, 0.3) is 0 Å². The van der Waals surface area contributed by atoms with E-state index in [4.69, 9.17) is 9.47 Å². The van der Waals surface area contributed by atoms with Crippen molar-refractivity contribution >= 4 is 5.91 Å². The Balaban J connectivity index is 1.29. The molecule has 0 radical (unpaired) electrons. The van der Waals surface area contributed by atoms with Crippen molar-refractivity contribution in [3.05, 3.63) is 41.7 Å². The van der Waals surface area contributed by atoms with Gasteiger partial charge in [-0.15, -0.1) is 0 Å². The van der Waals surface area contributed by atoms with Crippen molar-refractivity contribution in [1.82, 2.24) is 9.88 Å². The minimum Gasteiger partial charge on any atom is -0.372 e. The van der Waals surface area contributed by atoms with Crippen LogP contribution in [-0.2, 0) is 20.9 Å². The van der Waals surface area contributed by atoms with Crippen molar-refractivity contribution in [1.29, 1.82) is 0 Å². The van der Waals surface area contributed by atoms with Crippen LogP contribution in [0.1, 0.15) is 37.8 Å². The molecule has 0 saturated carbocycles. The molecule has 128 valence electrons. The molecule has 1 amide bonds. The molecule has 4 rings (SSSR count). The van der Waals surface area contributed by atoms with E-state index >= 15 is 0 Å². The molecule has 2 saturated heterocycles. The number of carbonyl (C=O) groups excluding carboxylic acids is 1. The van der Waals surface area contributed by atoms with Crippen molar-refractivity contribution < 1.29 is 14.3 Å². The summed E-state index contributed by atoms with van der Waals surface area (Å²) in [6.07, 6.45) is 8.92. The van der Waals surface area contributed by atoms with E-state index in [0.717, 1.165) is 43.4 Å². The second-order valence-corrected chi connectivity index (χ2v) is 7.06. The summed E-state index contributed by atoms with van der Waals surface area (Å²) < 4.78 is 12.1. The van der Waals surface area contributed by atoms with Gasteiger partial charge in [-0.05, 0) is 37.8 Å². The number of aromatic nitrogens is 1. The minimum absolute atomic E-state index is 0.184. The Bertz CT molecular complexity index is 623. The van der Waals surface area contributed by atoms with Crippen LogP contribution < -0.4 is 0 Å². The van der Waals surface area contributed by atoms with E-state index in [9.17, 15) is 4.79 Å². The summed E-state index contributed by atoms with van der Waals surface area (Å²) in [5.41, 5.74) is 1.75. The van der Waals surface area contributed by atoms with Crippen LogP contribution in [0.2, 0.25) is 0 Å². The fourth-order valence-corrected chi connectivity index (χ4v) is 3.89. The van der Waals surface area contributed by atoms with Crippen molar-refractivity contribution in [2.24, 2.45) is 0 Å². The Kier molecular flexibility index (Phi) is 4.37. The molecule has 0 N–H and O–H groups in total. The number of amides is 1. The van der Waals surface area contributed by atoms with Crippen molar-refractivity contribution in [3.8, 4) is 0 Å². The highest BCUT2D eigenvalue weighted by Crippen LogP contribution is 2.37. The van der Waals surface area contributed by atoms with Crippen LogP contribution >= 0.6 is 0 Å². The van der Waals surface area contributed by atoms with E-state index < -0.39 is 0 Å². The number of rotatable bonds is 4. The maximum absolute atomic E-state index is 12.4. The minimum atomic E-state index is -0.193. The summed E-state index contributed by atoms with van der Waals surface area (Å²) >= 11 is 0. The first-order valence-corrected chi connectivity index (χ1v) is 8.88. The lowest BCUT2D eigenvalue weighted by atomic mass is 9.84. The molecule has 1 aromatic heterocycles. The standard InChI is InChI=1S/C19H24N2O3/c22-18(15-5-1-2-6-15)21-13-19(14-21)11-17(8-10-24-19)23-12-16-7-3-4-9-20-16/h3-5,7,9,17H,1-2,6,8,10-14H2. The molecule has 3 heterocycles. The Labute approximate surface area is 142 Å². The molecule has 1 unspecified atom stereocenters. The van der Waals surface area contributed by atoms with Crippen molar-refractivity contribution in [2.75, 3.05) is 19.7 Å². The average molecular weight is 328 g/mol. The molecule has 5 nitrogen and oxygen atoms in total. The van der Waals surface area contributed by atoms with E-state index in [1.807, 2.05) is 23.1 Å². The summed E-state index contributed by atoms with van der Waals surface area (Å²) in [7, 11) is 0. The van der Waals surface area contributed by atoms with Gasteiger partial charge in [0, 0.05) is 24.8 Å². The van der Waals surface area contributed by atoms with Gasteiger partial charge in [-0.1, -0.05) is 12.1 Å². The second-order valence-electron chi connectivity index (χ2n) is 7.06. The van der Waals surface area contributed by atoms with Gasteiger partial charge >= 0.3 is 0 Å². The predicted molar refractivity (Wildman–Crippen MR) is 89.2 cm³/mol. The molecule has 1 aliphatic carbocycles. The summed E-state index contributed by atoms with van der Waals surface area (Å²) in [6, 6.07) is 5.87. The Morgan fingerprint density at radius 3 is 3.08 bits per heavy atom. The van der Waals surface area contributed by atoms with Gasteiger partial charge in [-0.25, -0.2) is 0 Å². The first-order chi connectivity index (χ1) is 11.7. The highest BCUT2D eigenvalue weighted by Gasteiger charge is 2.49. The van der Waals surface area contributed by atoms with Gasteiger partial charge in [0.15, 0.2) is 0 Å². The van der Waals surface area contributed by atoms with Crippen LogP contribution in [0.25, 0.3) is 0 Å². The van der Waals surface area contributed by atoms with Crippen LogP contribution in [-0.4, -0.2) is 47.2 Å². The average Bonchev–Trinajstić information content (AvgIpc) is 3.13. The molecule has 1 atom stereocenters. The summed E-state index contributed by atoms with van der Waals surface area (Å²) in [4.78, 5) is 18.6. The second kappa shape index (κ2) is 6.65. The van der Waals surface area contributed by atoms with Gasteiger partial charge < -0.3 is 14.4 Å². The van der Waals surface area contributed by atoms with E-state index in [1.165, 1.54) is 0 Å². The molecule has 2 fully saturated rings. The molecule has 0 aromatic carbocycles. The third-order valence-corrected chi connectivity index (χ3v) is 5.20. The fourth-order valence-electron chi connectivity index (χ4n) is 3.89. The summed E-state index contributed by atoms with van der Waals surface area (Å²) in [5, 5.41) is 0. The number of hydrogen-bond acceptors (Lipinski definition) is 4. The summed E-state index contributed by atoms with van der Waals surface area (Å²) in [6.45, 7) is 2.65. The van der Waals surface area contributed by atoms with Crippen LogP contribution in [0.15, 0.2) is 36.0 Å². The molecule has 1 spiro atoms. The maximum Gasteiger partial charge on any atom is 0.249 e. The molecule has 24 heavy (non-hydrogen) atoms. The largest absolute Gasteiger partial charge is 0.372 e. The molecule has 3 aliphatic rings. The number of ether oxygens (including phenoxy) is 2. The number of carbonyl (C=O) groups is 1. The van der Waals surface area contributed by atoms with Gasteiger partial charge in [0.1, 0.15) is 5.60 Å². The number of nitrogens with zero attached hydrogens (tertiary/aromatic N) is 2. The molecular formula is C19H24N2O3. The number of hydrogen-bond donors (Lipinski definition) is 0. The van der Waals surface area contributed by atoms with Gasteiger partial charge in [-0.3, -0.25) is 9.78 Å². The Hall–Kier alpha value is -1.72.